The molecule has 0 bridgehead atoms. The molecule has 32 heavy (non-hydrogen) atoms. The van der Waals surface area contributed by atoms with Crippen LogP contribution in [-0.4, -0.2) is 49.3 Å². The number of nitrogens with zero attached hydrogens (tertiary/aromatic N) is 3. The Morgan fingerprint density at radius 3 is 2.47 bits per heavy atom. The molecule has 9 heteroatoms. The van der Waals surface area contributed by atoms with Crippen molar-refractivity contribution in [2.45, 2.75) is 6.92 Å². The van der Waals surface area contributed by atoms with Gasteiger partial charge in [0, 0.05) is 36.1 Å². The maximum Gasteiger partial charge on any atom is 0.255 e. The smallest absolute Gasteiger partial charge is 0.255 e. The Balaban J connectivity index is 1.42. The van der Waals surface area contributed by atoms with Gasteiger partial charge in [0.1, 0.15) is 17.5 Å². The molecule has 4 rings (SSSR count). The zero-order chi connectivity index (χ0) is 22.5. The number of nitrogens with one attached hydrogen (secondary N) is 2. The maximum absolute atomic E-state index is 13.9. The second-order valence-corrected chi connectivity index (χ2v) is 7.26. The van der Waals surface area contributed by atoms with Crippen LogP contribution in [0.1, 0.15) is 16.2 Å². The molecule has 0 atom stereocenters. The first-order valence-corrected chi connectivity index (χ1v) is 10.2. The molecule has 1 amide bonds. The van der Waals surface area contributed by atoms with Crippen molar-refractivity contribution in [2.24, 2.45) is 0 Å². The third-order valence-corrected chi connectivity index (χ3v) is 4.99. The molecule has 2 N–H and O–H groups in total. The van der Waals surface area contributed by atoms with Gasteiger partial charge in [-0.05, 0) is 49.4 Å². The summed E-state index contributed by atoms with van der Waals surface area (Å²) >= 11 is 0. The number of halogens is 1. The summed E-state index contributed by atoms with van der Waals surface area (Å²) in [6.45, 7) is 4.81. The van der Waals surface area contributed by atoms with Crippen LogP contribution in [0.5, 0.6) is 5.75 Å². The summed E-state index contributed by atoms with van der Waals surface area (Å²) in [5.41, 5.74) is 1.60. The van der Waals surface area contributed by atoms with Gasteiger partial charge in [-0.3, -0.25) is 4.79 Å². The lowest BCUT2D eigenvalue weighted by molar-refractivity contribution is 0.102. The van der Waals surface area contributed by atoms with Crippen LogP contribution in [0.2, 0.25) is 0 Å². The molecule has 0 radical (unpaired) electrons. The van der Waals surface area contributed by atoms with Gasteiger partial charge in [-0.25, -0.2) is 14.4 Å². The molecular weight excluding hydrogens is 413 g/mol. The molecule has 1 fully saturated rings. The number of benzene rings is 2. The number of carbonyl (C=O) groups excluding carboxylic acids is 1. The van der Waals surface area contributed by atoms with Crippen LogP contribution in [0.15, 0.2) is 48.5 Å². The second-order valence-electron chi connectivity index (χ2n) is 7.26. The number of ether oxygens (including phenoxy) is 2. The lowest BCUT2D eigenvalue weighted by Gasteiger charge is -2.28. The van der Waals surface area contributed by atoms with Crippen molar-refractivity contribution in [3.05, 3.63) is 65.7 Å². The van der Waals surface area contributed by atoms with E-state index in [2.05, 4.69) is 25.5 Å². The molecular formula is C23H24FN5O3. The maximum atomic E-state index is 13.9. The first kappa shape index (κ1) is 21.5. The fourth-order valence-electron chi connectivity index (χ4n) is 3.37. The lowest BCUT2D eigenvalue weighted by Crippen LogP contribution is -2.36. The number of rotatable bonds is 6. The number of methoxy groups -OCH3 is 1. The molecule has 2 aromatic carbocycles. The van der Waals surface area contributed by atoms with Crippen LogP contribution < -0.4 is 20.3 Å². The average Bonchev–Trinajstić information content (AvgIpc) is 2.80. The molecule has 1 aliphatic rings. The fraction of sp³-hybridized carbons (Fsp3) is 0.261. The molecule has 0 aliphatic carbocycles. The Hall–Kier alpha value is -3.72. The van der Waals surface area contributed by atoms with E-state index in [1.807, 2.05) is 25.1 Å². The van der Waals surface area contributed by atoms with Crippen molar-refractivity contribution in [1.29, 1.82) is 0 Å². The van der Waals surface area contributed by atoms with Gasteiger partial charge in [0.15, 0.2) is 11.6 Å². The van der Waals surface area contributed by atoms with Gasteiger partial charge in [0.2, 0.25) is 0 Å². The van der Waals surface area contributed by atoms with Crippen LogP contribution >= 0.6 is 0 Å². The summed E-state index contributed by atoms with van der Waals surface area (Å²) in [4.78, 5) is 23.6. The highest BCUT2D eigenvalue weighted by molar-refractivity contribution is 6.04. The summed E-state index contributed by atoms with van der Waals surface area (Å²) in [6.07, 6.45) is 0. The van der Waals surface area contributed by atoms with Gasteiger partial charge in [-0.15, -0.1) is 0 Å². The Labute approximate surface area is 185 Å². The Bertz CT molecular complexity index is 1100. The van der Waals surface area contributed by atoms with Crippen molar-refractivity contribution in [2.75, 3.05) is 48.9 Å². The second kappa shape index (κ2) is 9.61. The molecule has 0 unspecified atom stereocenters. The van der Waals surface area contributed by atoms with Gasteiger partial charge in [0.25, 0.3) is 5.91 Å². The molecule has 1 aliphatic heterocycles. The summed E-state index contributed by atoms with van der Waals surface area (Å²) in [6, 6.07) is 13.2. The third-order valence-electron chi connectivity index (χ3n) is 4.99. The Morgan fingerprint density at radius 2 is 1.78 bits per heavy atom. The topological polar surface area (TPSA) is 88.6 Å². The summed E-state index contributed by atoms with van der Waals surface area (Å²) in [5.74, 6) is 1.31. The minimum absolute atomic E-state index is 0.0914. The highest BCUT2D eigenvalue weighted by Gasteiger charge is 2.14. The predicted molar refractivity (Wildman–Crippen MR) is 120 cm³/mol. The third kappa shape index (κ3) is 5.12. The molecule has 3 aromatic rings. The van der Waals surface area contributed by atoms with Crippen LogP contribution in [0.25, 0.3) is 0 Å². The number of amides is 1. The predicted octanol–water partition coefficient (Wildman–Crippen LogP) is 3.77. The van der Waals surface area contributed by atoms with E-state index < -0.39 is 11.7 Å². The highest BCUT2D eigenvalue weighted by atomic mass is 19.1. The van der Waals surface area contributed by atoms with E-state index >= 15 is 0 Å². The van der Waals surface area contributed by atoms with Crippen molar-refractivity contribution >= 4 is 28.9 Å². The standard InChI is InChI=1S/C23H24FN5O3/c1-15-25-21(14-22(26-15)29-9-11-32-12-10-29)27-17-4-6-18(7-5-17)28-23(30)16-3-8-20(31-2)19(24)13-16/h3-8,13-14H,9-12H2,1-2H3,(H,28,30)(H,25,26,27). The molecule has 0 saturated carbocycles. The number of anilines is 4. The SMILES string of the molecule is COc1ccc(C(=O)Nc2ccc(Nc3cc(N4CCOCC4)nc(C)n3)cc2)cc1F. The van der Waals surface area contributed by atoms with E-state index in [9.17, 15) is 9.18 Å². The van der Waals surface area contributed by atoms with E-state index in [1.54, 1.807) is 12.1 Å². The minimum atomic E-state index is -0.587. The van der Waals surface area contributed by atoms with Crippen molar-refractivity contribution < 1.29 is 18.7 Å². The highest BCUT2D eigenvalue weighted by Crippen LogP contribution is 2.23. The van der Waals surface area contributed by atoms with Gasteiger partial charge < -0.3 is 25.0 Å². The number of carbonyl (C=O) groups is 1. The van der Waals surface area contributed by atoms with Crippen LogP contribution in [0.4, 0.5) is 27.4 Å². The van der Waals surface area contributed by atoms with Crippen molar-refractivity contribution in [3.8, 4) is 5.75 Å². The van der Waals surface area contributed by atoms with E-state index in [1.165, 1.54) is 19.2 Å². The van der Waals surface area contributed by atoms with Gasteiger partial charge in [-0.1, -0.05) is 0 Å². The summed E-state index contributed by atoms with van der Waals surface area (Å²) in [7, 11) is 1.37. The van der Waals surface area contributed by atoms with E-state index in [4.69, 9.17) is 9.47 Å². The lowest BCUT2D eigenvalue weighted by atomic mass is 10.2. The van der Waals surface area contributed by atoms with Gasteiger partial charge in [0.05, 0.1) is 20.3 Å². The minimum Gasteiger partial charge on any atom is -0.494 e. The number of aromatic nitrogens is 2. The zero-order valence-corrected chi connectivity index (χ0v) is 17.9. The van der Waals surface area contributed by atoms with Gasteiger partial charge >= 0.3 is 0 Å². The number of morpholine rings is 1. The number of hydrogen-bond acceptors (Lipinski definition) is 7. The Morgan fingerprint density at radius 1 is 1.06 bits per heavy atom. The number of hydrogen-bond donors (Lipinski definition) is 2. The van der Waals surface area contributed by atoms with E-state index in [-0.39, 0.29) is 11.3 Å². The zero-order valence-electron chi connectivity index (χ0n) is 17.9. The largest absolute Gasteiger partial charge is 0.494 e. The molecule has 166 valence electrons. The molecule has 2 heterocycles. The fourth-order valence-corrected chi connectivity index (χ4v) is 3.37. The number of aryl methyl sites for hydroxylation is 1. The van der Waals surface area contributed by atoms with Crippen molar-refractivity contribution in [1.82, 2.24) is 9.97 Å². The average molecular weight is 437 g/mol. The van der Waals surface area contributed by atoms with E-state index in [0.29, 0.717) is 30.5 Å². The first-order chi connectivity index (χ1) is 15.5. The monoisotopic (exact) mass is 437 g/mol. The normalized spacial score (nSPS) is 13.5. The first-order valence-electron chi connectivity index (χ1n) is 10.2. The molecule has 1 saturated heterocycles. The summed E-state index contributed by atoms with van der Waals surface area (Å²) in [5, 5.41) is 6.03. The van der Waals surface area contributed by atoms with Crippen LogP contribution in [-0.2, 0) is 4.74 Å². The van der Waals surface area contributed by atoms with Crippen LogP contribution in [0, 0.1) is 12.7 Å². The van der Waals surface area contributed by atoms with Crippen molar-refractivity contribution in [3.63, 3.8) is 0 Å². The van der Waals surface area contributed by atoms with Crippen LogP contribution in [0.3, 0.4) is 0 Å². The van der Waals surface area contributed by atoms with E-state index in [0.717, 1.165) is 30.7 Å². The van der Waals surface area contributed by atoms with Gasteiger partial charge in [-0.2, -0.15) is 0 Å². The molecule has 8 nitrogen and oxygen atoms in total. The Kier molecular flexibility index (Phi) is 6.46. The molecule has 0 spiro atoms. The summed E-state index contributed by atoms with van der Waals surface area (Å²) < 4.78 is 24.1. The quantitative estimate of drug-likeness (QED) is 0.607. The molecule has 1 aromatic heterocycles.